The quantitative estimate of drug-likeness (QED) is 0.336. The average Bonchev–Trinajstić information content (AvgIpc) is 2.93. The number of methoxy groups -OCH3 is 1. The molecule has 1 aromatic carbocycles. The second kappa shape index (κ2) is 9.12. The molecule has 0 aromatic heterocycles. The third kappa shape index (κ3) is 6.25. The number of esters is 1. The number of carbonyl (C=O) groups excluding carboxylic acids is 1. The summed E-state index contributed by atoms with van der Waals surface area (Å²) in [7, 11) is -0.710. The summed E-state index contributed by atoms with van der Waals surface area (Å²) in [5.74, 6) is -1.10. The fraction of sp³-hybridized carbons (Fsp3) is 0.609. The average molecular weight is 421 g/mol. The Labute approximate surface area is 176 Å². The van der Waals surface area contributed by atoms with E-state index in [4.69, 9.17) is 13.9 Å². The maximum atomic E-state index is 11.4. The van der Waals surface area contributed by atoms with Crippen molar-refractivity contribution in [2.75, 3.05) is 7.11 Å². The van der Waals surface area contributed by atoms with E-state index in [1.807, 2.05) is 32.0 Å². The topological polar surface area (TPSA) is 54.0 Å². The molecule has 0 unspecified atom stereocenters. The van der Waals surface area contributed by atoms with Gasteiger partial charge in [-0.25, -0.2) is 4.79 Å². The largest absolute Gasteiger partial charge is 0.466 e. The van der Waals surface area contributed by atoms with Gasteiger partial charge in [-0.1, -0.05) is 57.2 Å². The highest BCUT2D eigenvalue weighted by Gasteiger charge is 2.49. The van der Waals surface area contributed by atoms with Crippen LogP contribution < -0.4 is 0 Å². The standard InChI is InChI=1S/C23H36O5Si/c1-22(2,3)29(7,8)28-20(17-13-10-9-11-14-17)21-18(26-23(4,5)27-21)15-12-16-19(24)25-6/h9-14,16,18,20-21H,15H2,1-8H3/b16-12-/t18-,20-,21+/m1/s1. The van der Waals surface area contributed by atoms with E-state index < -0.39 is 14.1 Å². The molecule has 29 heavy (non-hydrogen) atoms. The molecule has 0 aliphatic carbocycles. The molecular formula is C23H36O5Si. The molecule has 1 aliphatic heterocycles. The highest BCUT2D eigenvalue weighted by atomic mass is 28.4. The Morgan fingerprint density at radius 1 is 1.21 bits per heavy atom. The SMILES string of the molecule is COC(=O)/C=C\C[C@H]1OC(C)(C)O[C@@H]1[C@H](O[Si](C)(C)C(C)(C)C)c1ccccc1. The minimum absolute atomic E-state index is 0.0648. The molecule has 1 heterocycles. The van der Waals surface area contributed by atoms with E-state index in [1.54, 1.807) is 6.08 Å². The minimum atomic E-state index is -2.08. The molecule has 1 saturated heterocycles. The minimum Gasteiger partial charge on any atom is -0.466 e. The number of benzene rings is 1. The molecule has 1 aliphatic rings. The summed E-state index contributed by atoms with van der Waals surface area (Å²) < 4.78 is 24.1. The fourth-order valence-corrected chi connectivity index (χ4v) is 4.39. The zero-order chi connectivity index (χ0) is 21.9. The monoisotopic (exact) mass is 420 g/mol. The normalized spacial score (nSPS) is 23.3. The smallest absolute Gasteiger partial charge is 0.330 e. The fourth-order valence-electron chi connectivity index (χ4n) is 3.13. The molecule has 0 spiro atoms. The van der Waals surface area contributed by atoms with E-state index in [9.17, 15) is 4.79 Å². The van der Waals surface area contributed by atoms with Crippen LogP contribution in [0.25, 0.3) is 0 Å². The molecule has 0 radical (unpaired) electrons. The maximum absolute atomic E-state index is 11.4. The van der Waals surface area contributed by atoms with Gasteiger partial charge in [0.15, 0.2) is 14.1 Å². The molecule has 3 atom stereocenters. The van der Waals surface area contributed by atoms with Gasteiger partial charge in [-0.2, -0.15) is 0 Å². The molecule has 0 amide bonds. The first-order valence-electron chi connectivity index (χ1n) is 10.2. The first-order valence-corrected chi connectivity index (χ1v) is 13.1. The lowest BCUT2D eigenvalue weighted by molar-refractivity contribution is -0.154. The van der Waals surface area contributed by atoms with Crippen molar-refractivity contribution in [1.29, 1.82) is 0 Å². The summed E-state index contributed by atoms with van der Waals surface area (Å²) in [5, 5.41) is 0.0648. The van der Waals surface area contributed by atoms with Crippen molar-refractivity contribution in [2.45, 2.75) is 83.3 Å². The molecule has 1 aromatic rings. The summed E-state index contributed by atoms with van der Waals surface area (Å²) in [6.07, 6.45) is 2.97. The van der Waals surface area contributed by atoms with Crippen LogP contribution in [0, 0.1) is 0 Å². The second-order valence-electron chi connectivity index (χ2n) is 9.51. The molecule has 0 N–H and O–H groups in total. The van der Waals surface area contributed by atoms with Crippen LogP contribution in [0.5, 0.6) is 0 Å². The van der Waals surface area contributed by atoms with Crippen molar-refractivity contribution in [3.05, 3.63) is 48.0 Å². The van der Waals surface area contributed by atoms with E-state index in [1.165, 1.54) is 13.2 Å². The van der Waals surface area contributed by atoms with Gasteiger partial charge in [-0.15, -0.1) is 0 Å². The van der Waals surface area contributed by atoms with Gasteiger partial charge in [0.2, 0.25) is 0 Å². The molecule has 2 rings (SSSR count). The van der Waals surface area contributed by atoms with Crippen molar-refractivity contribution in [2.24, 2.45) is 0 Å². The predicted molar refractivity (Wildman–Crippen MR) is 117 cm³/mol. The van der Waals surface area contributed by atoms with E-state index in [-0.39, 0.29) is 29.3 Å². The first-order chi connectivity index (χ1) is 13.4. The van der Waals surface area contributed by atoms with Crippen LogP contribution in [-0.2, 0) is 23.4 Å². The number of hydrogen-bond acceptors (Lipinski definition) is 5. The molecule has 162 valence electrons. The summed E-state index contributed by atoms with van der Waals surface area (Å²) in [6.45, 7) is 15.0. The lowest BCUT2D eigenvalue weighted by Gasteiger charge is -2.41. The summed E-state index contributed by atoms with van der Waals surface area (Å²) >= 11 is 0. The van der Waals surface area contributed by atoms with Crippen molar-refractivity contribution in [3.63, 3.8) is 0 Å². The highest BCUT2D eigenvalue weighted by molar-refractivity contribution is 6.74. The van der Waals surface area contributed by atoms with Gasteiger partial charge in [0.05, 0.1) is 19.3 Å². The van der Waals surface area contributed by atoms with Crippen LogP contribution in [0.3, 0.4) is 0 Å². The van der Waals surface area contributed by atoms with Gasteiger partial charge in [0.25, 0.3) is 0 Å². The molecule has 0 saturated carbocycles. The number of hydrogen-bond donors (Lipinski definition) is 0. The van der Waals surface area contributed by atoms with E-state index in [2.05, 4.69) is 50.7 Å². The third-order valence-corrected chi connectivity index (χ3v) is 10.2. The van der Waals surface area contributed by atoms with Gasteiger partial charge in [-0.05, 0) is 44.0 Å². The van der Waals surface area contributed by atoms with Crippen LogP contribution in [0.15, 0.2) is 42.5 Å². The first kappa shape index (κ1) is 23.8. The van der Waals surface area contributed by atoms with E-state index in [0.29, 0.717) is 6.42 Å². The van der Waals surface area contributed by atoms with Gasteiger partial charge in [-0.3, -0.25) is 0 Å². The van der Waals surface area contributed by atoms with Crippen molar-refractivity contribution in [1.82, 2.24) is 0 Å². The Balaban J connectivity index is 2.36. The van der Waals surface area contributed by atoms with Crippen LogP contribution in [0.2, 0.25) is 18.1 Å². The van der Waals surface area contributed by atoms with Crippen LogP contribution in [0.4, 0.5) is 0 Å². The van der Waals surface area contributed by atoms with Gasteiger partial charge in [0.1, 0.15) is 6.10 Å². The highest BCUT2D eigenvalue weighted by Crippen LogP contribution is 2.44. The Morgan fingerprint density at radius 3 is 2.38 bits per heavy atom. The van der Waals surface area contributed by atoms with Crippen molar-refractivity contribution < 1.29 is 23.4 Å². The number of carbonyl (C=O) groups is 1. The van der Waals surface area contributed by atoms with Gasteiger partial charge < -0.3 is 18.6 Å². The summed E-state index contributed by atoms with van der Waals surface area (Å²) in [4.78, 5) is 11.4. The summed E-state index contributed by atoms with van der Waals surface area (Å²) in [6, 6.07) is 10.2. The zero-order valence-electron chi connectivity index (χ0n) is 19.0. The Kier molecular flexibility index (Phi) is 7.49. The Bertz CT molecular complexity index is 706. The second-order valence-corrected chi connectivity index (χ2v) is 14.3. The molecule has 1 fully saturated rings. The lowest BCUT2D eigenvalue weighted by atomic mass is 9.98. The predicted octanol–water partition coefficient (Wildman–Crippen LogP) is 5.39. The summed E-state index contributed by atoms with van der Waals surface area (Å²) in [5.41, 5.74) is 1.07. The zero-order valence-corrected chi connectivity index (χ0v) is 20.0. The molecule has 0 bridgehead atoms. The molecule has 6 heteroatoms. The van der Waals surface area contributed by atoms with Crippen molar-refractivity contribution >= 4 is 14.3 Å². The Morgan fingerprint density at radius 2 is 1.83 bits per heavy atom. The lowest BCUT2D eigenvalue weighted by Crippen LogP contribution is -2.45. The third-order valence-electron chi connectivity index (χ3n) is 5.70. The van der Waals surface area contributed by atoms with Crippen molar-refractivity contribution in [3.8, 4) is 0 Å². The molecular weight excluding hydrogens is 384 g/mol. The van der Waals surface area contributed by atoms with Crippen LogP contribution >= 0.6 is 0 Å². The van der Waals surface area contributed by atoms with Gasteiger partial charge >= 0.3 is 5.97 Å². The van der Waals surface area contributed by atoms with Crippen LogP contribution in [0.1, 0.15) is 52.7 Å². The number of ether oxygens (including phenoxy) is 3. The van der Waals surface area contributed by atoms with E-state index in [0.717, 1.165) is 5.56 Å². The Hall–Kier alpha value is -1.47. The molecule has 5 nitrogen and oxygen atoms in total. The van der Waals surface area contributed by atoms with Gasteiger partial charge in [0, 0.05) is 6.08 Å². The number of rotatable bonds is 7. The van der Waals surface area contributed by atoms with E-state index >= 15 is 0 Å². The van der Waals surface area contributed by atoms with Crippen LogP contribution in [-0.4, -0.2) is 39.4 Å². The maximum Gasteiger partial charge on any atom is 0.330 e.